The van der Waals surface area contributed by atoms with Crippen molar-refractivity contribution in [3.63, 3.8) is 0 Å². The second kappa shape index (κ2) is 6.17. The van der Waals surface area contributed by atoms with Gasteiger partial charge in [-0.05, 0) is 18.4 Å². The minimum atomic E-state index is -0.793. The van der Waals surface area contributed by atoms with E-state index in [0.29, 0.717) is 0 Å². The molecule has 0 saturated heterocycles. The third-order valence-electron chi connectivity index (χ3n) is 3.83. The monoisotopic (exact) mass is 263 g/mol. The van der Waals surface area contributed by atoms with Crippen LogP contribution in [0.1, 0.15) is 43.8 Å². The van der Waals surface area contributed by atoms with Crippen LogP contribution in [0.15, 0.2) is 30.3 Å². The molecule has 0 bridgehead atoms. The molecule has 104 valence electrons. The smallest absolute Gasteiger partial charge is 0.223 e. The SMILES string of the molecule is O=C(CC(O)c1ccccc1)NC1(CO)CCCC1. The van der Waals surface area contributed by atoms with E-state index in [1.54, 1.807) is 12.1 Å². The predicted octanol–water partition coefficient (Wildman–Crippen LogP) is 1.53. The molecule has 3 N–H and O–H groups in total. The van der Waals surface area contributed by atoms with E-state index >= 15 is 0 Å². The summed E-state index contributed by atoms with van der Waals surface area (Å²) in [7, 11) is 0. The van der Waals surface area contributed by atoms with E-state index in [9.17, 15) is 15.0 Å². The van der Waals surface area contributed by atoms with E-state index in [1.807, 2.05) is 18.2 Å². The topological polar surface area (TPSA) is 69.6 Å². The first-order valence-electron chi connectivity index (χ1n) is 6.80. The van der Waals surface area contributed by atoms with Crippen LogP contribution in [0.2, 0.25) is 0 Å². The Morgan fingerprint density at radius 3 is 2.47 bits per heavy atom. The Morgan fingerprint density at radius 2 is 1.89 bits per heavy atom. The summed E-state index contributed by atoms with van der Waals surface area (Å²) in [6.45, 7) is -0.0276. The summed E-state index contributed by atoms with van der Waals surface area (Å²) in [5, 5.41) is 22.3. The van der Waals surface area contributed by atoms with Crippen molar-refractivity contribution in [2.75, 3.05) is 6.61 Å². The first-order chi connectivity index (χ1) is 9.15. The summed E-state index contributed by atoms with van der Waals surface area (Å²) < 4.78 is 0. The largest absolute Gasteiger partial charge is 0.394 e. The highest BCUT2D eigenvalue weighted by Crippen LogP contribution is 2.29. The lowest BCUT2D eigenvalue weighted by Crippen LogP contribution is -2.49. The minimum absolute atomic E-state index is 0.0276. The number of aliphatic hydroxyl groups excluding tert-OH is 2. The van der Waals surface area contributed by atoms with Crippen LogP contribution in [0, 0.1) is 0 Å². The predicted molar refractivity (Wildman–Crippen MR) is 72.4 cm³/mol. The fraction of sp³-hybridized carbons (Fsp3) is 0.533. The molecule has 1 saturated carbocycles. The van der Waals surface area contributed by atoms with E-state index in [1.165, 1.54) is 0 Å². The molecule has 1 aliphatic rings. The number of carbonyl (C=O) groups excluding carboxylic acids is 1. The van der Waals surface area contributed by atoms with Crippen molar-refractivity contribution < 1.29 is 15.0 Å². The highest BCUT2D eigenvalue weighted by molar-refractivity contribution is 5.77. The van der Waals surface area contributed by atoms with Crippen molar-refractivity contribution >= 4 is 5.91 Å². The van der Waals surface area contributed by atoms with Crippen LogP contribution in [-0.2, 0) is 4.79 Å². The van der Waals surface area contributed by atoms with Crippen LogP contribution in [0.25, 0.3) is 0 Å². The molecule has 0 aliphatic heterocycles. The summed E-state index contributed by atoms with van der Waals surface area (Å²) >= 11 is 0. The molecule has 0 radical (unpaired) electrons. The summed E-state index contributed by atoms with van der Waals surface area (Å²) in [5.41, 5.74) is 0.273. The first-order valence-corrected chi connectivity index (χ1v) is 6.80. The van der Waals surface area contributed by atoms with Crippen LogP contribution in [0.5, 0.6) is 0 Å². The first kappa shape index (κ1) is 14.0. The molecule has 1 fully saturated rings. The molecule has 1 aliphatic carbocycles. The van der Waals surface area contributed by atoms with E-state index in [0.717, 1.165) is 31.2 Å². The Kier molecular flexibility index (Phi) is 4.56. The zero-order chi connectivity index (χ0) is 13.7. The van der Waals surface area contributed by atoms with Crippen LogP contribution < -0.4 is 5.32 Å². The van der Waals surface area contributed by atoms with Crippen molar-refractivity contribution in [3.05, 3.63) is 35.9 Å². The van der Waals surface area contributed by atoms with Crippen LogP contribution in [0.3, 0.4) is 0 Å². The van der Waals surface area contributed by atoms with Gasteiger partial charge >= 0.3 is 0 Å². The Morgan fingerprint density at radius 1 is 1.26 bits per heavy atom. The molecule has 0 spiro atoms. The second-order valence-electron chi connectivity index (χ2n) is 5.32. The third-order valence-corrected chi connectivity index (χ3v) is 3.83. The van der Waals surface area contributed by atoms with Gasteiger partial charge in [0.25, 0.3) is 0 Å². The fourth-order valence-corrected chi connectivity index (χ4v) is 2.69. The van der Waals surface area contributed by atoms with Crippen LogP contribution in [-0.4, -0.2) is 28.3 Å². The van der Waals surface area contributed by atoms with Gasteiger partial charge in [0.2, 0.25) is 5.91 Å². The van der Waals surface area contributed by atoms with Gasteiger partial charge in [-0.2, -0.15) is 0 Å². The second-order valence-corrected chi connectivity index (χ2v) is 5.32. The maximum Gasteiger partial charge on any atom is 0.223 e. The van der Waals surface area contributed by atoms with Gasteiger partial charge in [-0.1, -0.05) is 43.2 Å². The van der Waals surface area contributed by atoms with Crippen LogP contribution in [0.4, 0.5) is 0 Å². The minimum Gasteiger partial charge on any atom is -0.394 e. The van der Waals surface area contributed by atoms with Gasteiger partial charge in [0.05, 0.1) is 24.7 Å². The Balaban J connectivity index is 1.91. The lowest BCUT2D eigenvalue weighted by atomic mass is 9.98. The summed E-state index contributed by atoms with van der Waals surface area (Å²) in [4.78, 5) is 12.0. The molecule has 1 unspecified atom stereocenters. The lowest BCUT2D eigenvalue weighted by molar-refractivity contribution is -0.125. The number of aliphatic hydroxyl groups is 2. The molecule has 19 heavy (non-hydrogen) atoms. The molecular formula is C15H21NO3. The van der Waals surface area contributed by atoms with Crippen molar-refractivity contribution in [3.8, 4) is 0 Å². The van der Waals surface area contributed by atoms with E-state index in [2.05, 4.69) is 5.32 Å². The normalized spacial score (nSPS) is 19.1. The van der Waals surface area contributed by atoms with Gasteiger partial charge in [-0.15, -0.1) is 0 Å². The number of amides is 1. The van der Waals surface area contributed by atoms with Gasteiger partial charge in [0, 0.05) is 0 Å². The van der Waals surface area contributed by atoms with Crippen LogP contribution >= 0.6 is 0 Å². The van der Waals surface area contributed by atoms with Gasteiger partial charge in [-0.25, -0.2) is 0 Å². The van der Waals surface area contributed by atoms with E-state index in [-0.39, 0.29) is 18.9 Å². The summed E-state index contributed by atoms with van der Waals surface area (Å²) in [6.07, 6.45) is 2.93. The maximum atomic E-state index is 12.0. The van der Waals surface area contributed by atoms with Gasteiger partial charge in [0.1, 0.15) is 0 Å². The van der Waals surface area contributed by atoms with Gasteiger partial charge in [0.15, 0.2) is 0 Å². The molecule has 2 rings (SSSR count). The van der Waals surface area contributed by atoms with Gasteiger partial charge in [-0.3, -0.25) is 4.79 Å². The van der Waals surface area contributed by atoms with Crippen molar-refractivity contribution in [2.24, 2.45) is 0 Å². The Hall–Kier alpha value is -1.39. The van der Waals surface area contributed by atoms with Gasteiger partial charge < -0.3 is 15.5 Å². The van der Waals surface area contributed by atoms with E-state index < -0.39 is 11.6 Å². The number of benzene rings is 1. The molecule has 1 aromatic rings. The number of hydrogen-bond acceptors (Lipinski definition) is 3. The zero-order valence-electron chi connectivity index (χ0n) is 11.0. The molecule has 1 amide bonds. The molecular weight excluding hydrogens is 242 g/mol. The standard InChI is InChI=1S/C15H21NO3/c17-11-15(8-4-5-9-15)16-14(19)10-13(18)12-6-2-1-3-7-12/h1-3,6-7,13,17-18H,4-5,8-11H2,(H,16,19). The molecule has 4 heteroatoms. The molecule has 4 nitrogen and oxygen atoms in total. The molecule has 0 heterocycles. The highest BCUT2D eigenvalue weighted by Gasteiger charge is 2.34. The van der Waals surface area contributed by atoms with Crippen molar-refractivity contribution in [1.82, 2.24) is 5.32 Å². The summed E-state index contributed by atoms with van der Waals surface area (Å²) in [5.74, 6) is -0.202. The van der Waals surface area contributed by atoms with Crippen molar-refractivity contribution in [2.45, 2.75) is 43.7 Å². The number of hydrogen-bond donors (Lipinski definition) is 3. The molecule has 0 aromatic heterocycles. The highest BCUT2D eigenvalue weighted by atomic mass is 16.3. The maximum absolute atomic E-state index is 12.0. The summed E-state index contributed by atoms with van der Waals surface area (Å²) in [6, 6.07) is 9.14. The zero-order valence-corrected chi connectivity index (χ0v) is 11.0. The molecule has 1 aromatic carbocycles. The van der Waals surface area contributed by atoms with E-state index in [4.69, 9.17) is 0 Å². The Labute approximate surface area is 113 Å². The average Bonchev–Trinajstić information content (AvgIpc) is 2.88. The quantitative estimate of drug-likeness (QED) is 0.754. The number of carbonyl (C=O) groups is 1. The number of rotatable bonds is 5. The number of nitrogens with one attached hydrogen (secondary N) is 1. The average molecular weight is 263 g/mol. The molecule has 1 atom stereocenters. The van der Waals surface area contributed by atoms with Crippen molar-refractivity contribution in [1.29, 1.82) is 0 Å². The Bertz CT molecular complexity index is 413. The lowest BCUT2D eigenvalue weighted by Gasteiger charge is -2.28. The fourth-order valence-electron chi connectivity index (χ4n) is 2.69. The third kappa shape index (κ3) is 3.55.